The molecule has 0 spiro atoms. The van der Waals surface area contributed by atoms with E-state index >= 15 is 0 Å². The van der Waals surface area contributed by atoms with Crippen molar-refractivity contribution in [2.75, 3.05) is 0 Å². The second-order valence-electron chi connectivity index (χ2n) is 6.80. The van der Waals surface area contributed by atoms with Crippen molar-refractivity contribution in [3.8, 4) is 5.69 Å². The number of nitrogens with one attached hydrogen (secondary N) is 1. The van der Waals surface area contributed by atoms with Crippen molar-refractivity contribution in [1.82, 2.24) is 20.3 Å². The lowest BCUT2D eigenvalue weighted by Gasteiger charge is -2.03. The average molecular weight is 403 g/mol. The van der Waals surface area contributed by atoms with E-state index in [-0.39, 0.29) is 24.4 Å². The lowest BCUT2D eigenvalue weighted by Crippen LogP contribution is -2.17. The van der Waals surface area contributed by atoms with Crippen LogP contribution in [0.15, 0.2) is 59.3 Å². The van der Waals surface area contributed by atoms with Crippen LogP contribution in [-0.2, 0) is 6.54 Å². The number of hydrogen-bond donors (Lipinski definition) is 1. The summed E-state index contributed by atoms with van der Waals surface area (Å²) < 4.78 is 33.5. The van der Waals surface area contributed by atoms with Crippen LogP contribution in [0.3, 0.4) is 0 Å². The Labute approximate surface area is 165 Å². The van der Waals surface area contributed by atoms with Crippen molar-refractivity contribution >= 4 is 23.4 Å². The van der Waals surface area contributed by atoms with Crippen LogP contribution in [0, 0.1) is 11.6 Å². The standard InChI is InChI=1S/C20H16F2N4O.ClH/c21-17-3-1-12(8-18(17)22)16-9-19(16)23-10-14-11-26(25-24-14)15-2-4-20-13(7-15)5-6-27-20;/h1-8,11,16,19,23H,9-10H2;1H/t16-,19+;/m0./s1. The van der Waals surface area contributed by atoms with Gasteiger partial charge in [-0.2, -0.15) is 0 Å². The van der Waals surface area contributed by atoms with Crippen LogP contribution in [0.25, 0.3) is 16.7 Å². The van der Waals surface area contributed by atoms with Crippen LogP contribution in [0.2, 0.25) is 0 Å². The zero-order valence-electron chi connectivity index (χ0n) is 14.7. The first-order valence-electron chi connectivity index (χ1n) is 8.74. The topological polar surface area (TPSA) is 55.9 Å². The third-order valence-corrected chi connectivity index (χ3v) is 4.95. The van der Waals surface area contributed by atoms with Gasteiger partial charge in [0, 0.05) is 23.9 Å². The molecule has 0 unspecified atom stereocenters. The maximum atomic E-state index is 13.4. The molecule has 0 saturated heterocycles. The van der Waals surface area contributed by atoms with E-state index in [0.29, 0.717) is 6.54 Å². The van der Waals surface area contributed by atoms with Gasteiger partial charge in [0.15, 0.2) is 11.6 Å². The Bertz CT molecular complexity index is 1130. The Morgan fingerprint density at radius 2 is 2.00 bits per heavy atom. The Morgan fingerprint density at radius 1 is 1.11 bits per heavy atom. The minimum absolute atomic E-state index is 0. The fourth-order valence-electron chi connectivity index (χ4n) is 3.37. The number of furan rings is 1. The van der Waals surface area contributed by atoms with Crippen molar-refractivity contribution < 1.29 is 13.2 Å². The number of fused-ring (bicyclic) bond motifs is 1. The van der Waals surface area contributed by atoms with E-state index in [2.05, 4.69) is 15.6 Å². The number of halogens is 3. The molecule has 5 nitrogen and oxygen atoms in total. The van der Waals surface area contributed by atoms with Gasteiger partial charge in [-0.25, -0.2) is 13.5 Å². The van der Waals surface area contributed by atoms with Gasteiger partial charge in [0.25, 0.3) is 0 Å². The second-order valence-corrected chi connectivity index (χ2v) is 6.80. The normalized spacial score (nSPS) is 18.2. The number of hydrogen-bond acceptors (Lipinski definition) is 4. The highest BCUT2D eigenvalue weighted by molar-refractivity contribution is 5.85. The molecule has 1 aliphatic carbocycles. The highest BCUT2D eigenvalue weighted by Gasteiger charge is 2.38. The first-order valence-corrected chi connectivity index (χ1v) is 8.74. The number of nitrogens with zero attached hydrogens (tertiary/aromatic N) is 3. The number of aromatic nitrogens is 3. The molecule has 28 heavy (non-hydrogen) atoms. The van der Waals surface area contributed by atoms with E-state index in [9.17, 15) is 8.78 Å². The van der Waals surface area contributed by atoms with Crippen molar-refractivity contribution in [3.05, 3.63) is 77.8 Å². The molecule has 1 aliphatic rings. The average Bonchev–Trinajstić information content (AvgIpc) is 3.07. The Hall–Kier alpha value is -2.77. The molecular formula is C20H17ClF2N4O. The van der Waals surface area contributed by atoms with Gasteiger partial charge in [0.1, 0.15) is 5.58 Å². The highest BCUT2D eigenvalue weighted by Crippen LogP contribution is 2.41. The molecule has 1 N–H and O–H groups in total. The maximum absolute atomic E-state index is 13.4. The number of benzene rings is 2. The summed E-state index contributed by atoms with van der Waals surface area (Å²) in [5, 5.41) is 12.8. The summed E-state index contributed by atoms with van der Waals surface area (Å²) in [4.78, 5) is 0. The smallest absolute Gasteiger partial charge is 0.159 e. The molecule has 2 aromatic heterocycles. The Balaban J connectivity index is 0.00000192. The summed E-state index contributed by atoms with van der Waals surface area (Å²) in [5.41, 5.74) is 3.38. The van der Waals surface area contributed by atoms with Crippen molar-refractivity contribution in [3.63, 3.8) is 0 Å². The fraction of sp³-hybridized carbons (Fsp3) is 0.200. The molecule has 1 saturated carbocycles. The highest BCUT2D eigenvalue weighted by atomic mass is 35.5. The Kier molecular flexibility index (Phi) is 4.87. The van der Waals surface area contributed by atoms with E-state index in [1.54, 1.807) is 17.0 Å². The van der Waals surface area contributed by atoms with Gasteiger partial charge in [-0.1, -0.05) is 11.3 Å². The lowest BCUT2D eigenvalue weighted by molar-refractivity contribution is 0.506. The molecule has 8 heteroatoms. The first kappa shape index (κ1) is 18.6. The van der Waals surface area contributed by atoms with Crippen LogP contribution in [0.1, 0.15) is 23.6 Å². The van der Waals surface area contributed by atoms with E-state index < -0.39 is 11.6 Å². The third kappa shape index (κ3) is 3.50. The van der Waals surface area contributed by atoms with Crippen molar-refractivity contribution in [2.24, 2.45) is 0 Å². The van der Waals surface area contributed by atoms with E-state index in [1.165, 1.54) is 12.1 Å². The molecule has 5 rings (SSSR count). The molecule has 0 bridgehead atoms. The van der Waals surface area contributed by atoms with Crippen LogP contribution >= 0.6 is 12.4 Å². The summed E-state index contributed by atoms with van der Waals surface area (Å²) >= 11 is 0. The third-order valence-electron chi connectivity index (χ3n) is 4.95. The van der Waals surface area contributed by atoms with E-state index in [4.69, 9.17) is 4.42 Å². The van der Waals surface area contributed by atoms with Crippen LogP contribution < -0.4 is 5.32 Å². The second kappa shape index (κ2) is 7.33. The molecule has 0 radical (unpaired) electrons. The van der Waals surface area contributed by atoms with Gasteiger partial charge >= 0.3 is 0 Å². The van der Waals surface area contributed by atoms with Gasteiger partial charge in [-0.15, -0.1) is 17.5 Å². The zero-order valence-corrected chi connectivity index (χ0v) is 15.5. The molecule has 1 fully saturated rings. The molecule has 4 aromatic rings. The van der Waals surface area contributed by atoms with Crippen molar-refractivity contribution in [2.45, 2.75) is 24.9 Å². The summed E-state index contributed by atoms with van der Waals surface area (Å²) in [7, 11) is 0. The van der Waals surface area contributed by atoms with Gasteiger partial charge in [0.05, 0.1) is 23.8 Å². The van der Waals surface area contributed by atoms with Crippen molar-refractivity contribution in [1.29, 1.82) is 0 Å². The fourth-order valence-corrected chi connectivity index (χ4v) is 3.37. The van der Waals surface area contributed by atoms with Gasteiger partial charge in [-0.05, 0) is 48.4 Å². The van der Waals surface area contributed by atoms with E-state index in [1.807, 2.05) is 30.5 Å². The van der Waals surface area contributed by atoms with Crippen LogP contribution in [0.4, 0.5) is 8.78 Å². The quantitative estimate of drug-likeness (QED) is 0.539. The summed E-state index contributed by atoms with van der Waals surface area (Å²) in [6.45, 7) is 0.568. The largest absolute Gasteiger partial charge is 0.464 e. The predicted molar refractivity (Wildman–Crippen MR) is 103 cm³/mol. The minimum Gasteiger partial charge on any atom is -0.464 e. The molecule has 144 valence electrons. The Morgan fingerprint density at radius 3 is 2.86 bits per heavy atom. The summed E-state index contributed by atoms with van der Waals surface area (Å²) in [6.07, 6.45) is 4.43. The van der Waals surface area contributed by atoms with Gasteiger partial charge in [-0.3, -0.25) is 0 Å². The van der Waals surface area contributed by atoms with Gasteiger partial charge in [0.2, 0.25) is 0 Å². The van der Waals surface area contributed by atoms with Gasteiger partial charge < -0.3 is 9.73 Å². The zero-order chi connectivity index (χ0) is 18.4. The summed E-state index contributed by atoms with van der Waals surface area (Å²) in [5.74, 6) is -1.40. The first-order chi connectivity index (χ1) is 13.2. The maximum Gasteiger partial charge on any atom is 0.159 e. The SMILES string of the molecule is Cl.Fc1ccc([C@@H]2C[C@H]2NCc2cn(-c3ccc4occc4c3)nn2)cc1F. The summed E-state index contributed by atoms with van der Waals surface area (Å²) in [6, 6.07) is 12.1. The molecule has 0 aliphatic heterocycles. The molecule has 2 heterocycles. The van der Waals surface area contributed by atoms with Crippen LogP contribution in [0.5, 0.6) is 0 Å². The number of rotatable bonds is 5. The molecule has 2 atom stereocenters. The molecule has 2 aromatic carbocycles. The molecular weight excluding hydrogens is 386 g/mol. The lowest BCUT2D eigenvalue weighted by atomic mass is 10.1. The van der Waals surface area contributed by atoms with E-state index in [0.717, 1.165) is 34.3 Å². The minimum atomic E-state index is -0.811. The monoisotopic (exact) mass is 402 g/mol. The predicted octanol–water partition coefficient (Wildman–Crippen LogP) is 4.36. The van der Waals surface area contributed by atoms with Crippen LogP contribution in [-0.4, -0.2) is 21.0 Å². The molecule has 0 amide bonds.